The first-order valence-electron chi connectivity index (χ1n) is 16.3. The molecule has 0 heterocycles. The van der Waals surface area contributed by atoms with Crippen molar-refractivity contribution in [1.82, 2.24) is 0 Å². The van der Waals surface area contributed by atoms with Crippen molar-refractivity contribution in [3.63, 3.8) is 0 Å². The summed E-state index contributed by atoms with van der Waals surface area (Å²) in [6.07, 6.45) is 2.28. The van der Waals surface area contributed by atoms with Crippen LogP contribution in [0.4, 0.5) is 30.7 Å². The Kier molecular flexibility index (Phi) is 10.5. The van der Waals surface area contributed by atoms with E-state index in [1.54, 1.807) is 6.07 Å². The van der Waals surface area contributed by atoms with Gasteiger partial charge >= 0.3 is 12.3 Å². The standard InChI is InChI=1S/C37H41F7O/c1-2-3-4-5-24-6-8-25(9-7-24)26-10-12-27(13-11-26)29-16-20-32(34(38)22-29)28-14-17-30(18-15-28)37(43,44)45-31-19-21-33(35(39)23-31)36(40,41)42/h10-13,16,19-25,28,30H,2-9,14-15,17-18H2,1H3. The van der Waals surface area contributed by atoms with Gasteiger partial charge in [0.1, 0.15) is 17.4 Å². The zero-order valence-corrected chi connectivity index (χ0v) is 25.6. The van der Waals surface area contributed by atoms with Gasteiger partial charge in [0.2, 0.25) is 0 Å². The van der Waals surface area contributed by atoms with Gasteiger partial charge in [-0.3, -0.25) is 0 Å². The lowest BCUT2D eigenvalue weighted by atomic mass is 9.77. The molecule has 3 aromatic carbocycles. The fraction of sp³-hybridized carbons (Fsp3) is 0.514. The van der Waals surface area contributed by atoms with E-state index in [1.807, 2.05) is 18.2 Å². The summed E-state index contributed by atoms with van der Waals surface area (Å²) in [6, 6.07) is 14.9. The van der Waals surface area contributed by atoms with Gasteiger partial charge < -0.3 is 4.74 Å². The molecule has 2 aliphatic rings. The SMILES string of the molecule is CCCCCC1CCC(c2ccc(-c3ccc(C4CCC(C(F)(F)Oc5ccc(C(F)(F)F)c(F)c5)CC4)c(F)c3)cc2)CC1. The smallest absolute Gasteiger partial charge is 0.419 e. The molecule has 0 saturated heterocycles. The molecule has 2 fully saturated rings. The fourth-order valence-corrected chi connectivity index (χ4v) is 7.22. The molecule has 0 N–H and O–H groups in total. The van der Waals surface area contributed by atoms with E-state index in [2.05, 4.69) is 23.8 Å². The van der Waals surface area contributed by atoms with Crippen molar-refractivity contribution in [1.29, 1.82) is 0 Å². The number of unbranched alkanes of at least 4 members (excludes halogenated alkanes) is 2. The molecular formula is C37H41F7O. The Bertz CT molecular complexity index is 1400. The summed E-state index contributed by atoms with van der Waals surface area (Å²) >= 11 is 0. The Morgan fingerprint density at radius 1 is 0.667 bits per heavy atom. The molecule has 244 valence electrons. The summed E-state index contributed by atoms with van der Waals surface area (Å²) in [5.74, 6) is -2.76. The van der Waals surface area contributed by atoms with Crippen molar-refractivity contribution in [2.24, 2.45) is 11.8 Å². The average Bonchev–Trinajstić information content (AvgIpc) is 3.01. The minimum atomic E-state index is -4.94. The summed E-state index contributed by atoms with van der Waals surface area (Å²) in [6.45, 7) is 2.24. The molecule has 5 rings (SSSR count). The molecule has 0 unspecified atom stereocenters. The minimum absolute atomic E-state index is 0.0318. The van der Waals surface area contributed by atoms with Gasteiger partial charge in [0.05, 0.1) is 11.5 Å². The molecule has 0 spiro atoms. The molecule has 3 aromatic rings. The Morgan fingerprint density at radius 3 is 1.91 bits per heavy atom. The highest BCUT2D eigenvalue weighted by atomic mass is 19.4. The topological polar surface area (TPSA) is 9.23 Å². The molecule has 2 aliphatic carbocycles. The third-order valence-corrected chi connectivity index (χ3v) is 9.92. The third kappa shape index (κ3) is 8.23. The molecule has 1 nitrogen and oxygen atoms in total. The first-order valence-corrected chi connectivity index (χ1v) is 16.3. The Morgan fingerprint density at radius 2 is 1.31 bits per heavy atom. The van der Waals surface area contributed by atoms with Crippen LogP contribution in [0.15, 0.2) is 60.7 Å². The molecule has 8 heteroatoms. The van der Waals surface area contributed by atoms with E-state index in [9.17, 15) is 26.3 Å². The number of hydrogen-bond acceptors (Lipinski definition) is 1. The van der Waals surface area contributed by atoms with Crippen LogP contribution in [0.5, 0.6) is 5.75 Å². The predicted molar refractivity (Wildman–Crippen MR) is 162 cm³/mol. The van der Waals surface area contributed by atoms with Crippen molar-refractivity contribution < 1.29 is 35.5 Å². The van der Waals surface area contributed by atoms with Crippen molar-refractivity contribution in [2.75, 3.05) is 0 Å². The van der Waals surface area contributed by atoms with Crippen LogP contribution in [-0.4, -0.2) is 6.11 Å². The van der Waals surface area contributed by atoms with E-state index in [4.69, 9.17) is 0 Å². The number of ether oxygens (including phenoxy) is 1. The van der Waals surface area contributed by atoms with Crippen LogP contribution in [0.1, 0.15) is 112 Å². The van der Waals surface area contributed by atoms with Gasteiger partial charge in [-0.15, -0.1) is 0 Å². The van der Waals surface area contributed by atoms with Crippen LogP contribution in [0.25, 0.3) is 11.1 Å². The van der Waals surface area contributed by atoms with Crippen molar-refractivity contribution >= 4 is 0 Å². The summed E-state index contributed by atoms with van der Waals surface area (Å²) in [5.41, 5.74) is 1.97. The normalized spacial score (nSPS) is 22.8. The molecule has 0 bridgehead atoms. The second kappa shape index (κ2) is 14.2. The minimum Gasteiger partial charge on any atom is -0.432 e. The Labute approximate surface area is 261 Å². The molecule has 45 heavy (non-hydrogen) atoms. The van der Waals surface area contributed by atoms with Gasteiger partial charge in [-0.1, -0.05) is 69.0 Å². The van der Waals surface area contributed by atoms with Gasteiger partial charge in [0.25, 0.3) is 0 Å². The van der Waals surface area contributed by atoms with E-state index >= 15 is 4.39 Å². The zero-order valence-electron chi connectivity index (χ0n) is 25.6. The Balaban J connectivity index is 1.15. The van der Waals surface area contributed by atoms with Gasteiger partial charge in [-0.25, -0.2) is 8.78 Å². The second-order valence-corrected chi connectivity index (χ2v) is 12.9. The molecule has 0 amide bonds. The molecule has 0 radical (unpaired) electrons. The number of benzene rings is 3. The van der Waals surface area contributed by atoms with E-state index in [-0.39, 0.29) is 24.6 Å². The van der Waals surface area contributed by atoms with E-state index in [1.165, 1.54) is 63.0 Å². The summed E-state index contributed by atoms with van der Waals surface area (Å²) in [4.78, 5) is 0. The summed E-state index contributed by atoms with van der Waals surface area (Å²) in [7, 11) is 0. The summed E-state index contributed by atoms with van der Waals surface area (Å²) < 4.78 is 102. The van der Waals surface area contributed by atoms with Gasteiger partial charge in [0.15, 0.2) is 0 Å². The highest BCUT2D eigenvalue weighted by molar-refractivity contribution is 5.64. The third-order valence-electron chi connectivity index (χ3n) is 9.92. The summed E-state index contributed by atoms with van der Waals surface area (Å²) in [5, 5.41) is 0. The van der Waals surface area contributed by atoms with Crippen LogP contribution in [0, 0.1) is 23.5 Å². The molecule has 2 saturated carbocycles. The number of halogens is 7. The van der Waals surface area contributed by atoms with Crippen LogP contribution >= 0.6 is 0 Å². The monoisotopic (exact) mass is 634 g/mol. The lowest BCUT2D eigenvalue weighted by molar-refractivity contribution is -0.222. The highest BCUT2D eigenvalue weighted by Gasteiger charge is 2.45. The largest absolute Gasteiger partial charge is 0.432 e. The van der Waals surface area contributed by atoms with E-state index in [0.717, 1.165) is 17.0 Å². The predicted octanol–water partition coefficient (Wildman–Crippen LogP) is 12.5. The molecule has 0 atom stereocenters. The van der Waals surface area contributed by atoms with Crippen molar-refractivity contribution in [3.05, 3.63) is 89.0 Å². The van der Waals surface area contributed by atoms with Crippen LogP contribution in [0.2, 0.25) is 0 Å². The first kappa shape index (κ1) is 33.3. The van der Waals surface area contributed by atoms with Gasteiger partial charge in [-0.05, 0) is 110 Å². The molecule has 0 aliphatic heterocycles. The van der Waals surface area contributed by atoms with E-state index in [0.29, 0.717) is 42.5 Å². The fourth-order valence-electron chi connectivity index (χ4n) is 7.22. The van der Waals surface area contributed by atoms with Crippen molar-refractivity contribution in [2.45, 2.75) is 108 Å². The van der Waals surface area contributed by atoms with Crippen LogP contribution in [-0.2, 0) is 6.18 Å². The van der Waals surface area contributed by atoms with Gasteiger partial charge in [0, 0.05) is 6.07 Å². The van der Waals surface area contributed by atoms with Crippen LogP contribution in [0.3, 0.4) is 0 Å². The van der Waals surface area contributed by atoms with Crippen molar-refractivity contribution in [3.8, 4) is 16.9 Å². The maximum absolute atomic E-state index is 15.3. The second-order valence-electron chi connectivity index (χ2n) is 12.9. The van der Waals surface area contributed by atoms with Gasteiger partial charge in [-0.2, -0.15) is 22.0 Å². The quantitative estimate of drug-likeness (QED) is 0.159. The molecule has 0 aromatic heterocycles. The Hall–Kier alpha value is -3.03. The maximum Gasteiger partial charge on any atom is 0.419 e. The van der Waals surface area contributed by atoms with Crippen LogP contribution < -0.4 is 4.74 Å². The number of alkyl halides is 5. The van der Waals surface area contributed by atoms with E-state index < -0.39 is 35.3 Å². The number of hydrogen-bond donors (Lipinski definition) is 0. The first-order chi connectivity index (χ1) is 21.4. The zero-order chi connectivity index (χ0) is 32.2. The molecular weight excluding hydrogens is 593 g/mol. The highest BCUT2D eigenvalue weighted by Crippen LogP contribution is 2.45. The lowest BCUT2D eigenvalue weighted by Crippen LogP contribution is -2.37. The lowest BCUT2D eigenvalue weighted by Gasteiger charge is -2.33. The maximum atomic E-state index is 15.3. The number of rotatable bonds is 10. The average molecular weight is 635 g/mol.